The van der Waals surface area contributed by atoms with E-state index in [4.69, 9.17) is 10.4 Å². The summed E-state index contributed by atoms with van der Waals surface area (Å²) in [5.74, 6) is 0.239. The van der Waals surface area contributed by atoms with Crippen molar-refractivity contribution >= 4 is 17.9 Å². The molecular weight excluding hydrogens is 386 g/mol. The Morgan fingerprint density at radius 2 is 2.10 bits per heavy atom. The van der Waals surface area contributed by atoms with E-state index >= 15 is 0 Å². The van der Waals surface area contributed by atoms with E-state index < -0.39 is 5.91 Å². The lowest BCUT2D eigenvalue weighted by Gasteiger charge is -2.20. The monoisotopic (exact) mass is 413 g/mol. The number of amides is 1. The fourth-order valence-electron chi connectivity index (χ4n) is 3.84. The third-order valence-electron chi connectivity index (χ3n) is 5.51. The quantitative estimate of drug-likeness (QED) is 0.414. The fourth-order valence-corrected chi connectivity index (χ4v) is 3.84. The van der Waals surface area contributed by atoms with E-state index in [1.54, 1.807) is 6.21 Å². The molecule has 1 aliphatic heterocycles. The van der Waals surface area contributed by atoms with Gasteiger partial charge >= 0.3 is 0 Å². The van der Waals surface area contributed by atoms with Gasteiger partial charge < -0.3 is 5.73 Å². The summed E-state index contributed by atoms with van der Waals surface area (Å²) in [7, 11) is 0. The number of hydrazone groups is 1. The summed E-state index contributed by atoms with van der Waals surface area (Å²) < 4.78 is 6.14. The van der Waals surface area contributed by atoms with Crippen LogP contribution in [0.2, 0.25) is 0 Å². The van der Waals surface area contributed by atoms with Gasteiger partial charge in [-0.1, -0.05) is 30.2 Å². The smallest absolute Gasteiger partial charge is 0.293 e. The Balaban J connectivity index is 1.54. The second-order valence-electron chi connectivity index (χ2n) is 7.72. The first-order chi connectivity index (χ1) is 14.7. The maximum Gasteiger partial charge on any atom is 0.293 e. The number of allylic oxidation sites excluding steroid dienone is 2. The third kappa shape index (κ3) is 4.73. The van der Waals surface area contributed by atoms with Crippen LogP contribution < -0.4 is 11.2 Å². The Morgan fingerprint density at radius 1 is 1.27 bits per heavy atom. The molecule has 3 N–H and O–H groups in total. The molecule has 30 heavy (non-hydrogen) atoms. The van der Waals surface area contributed by atoms with Crippen LogP contribution in [-0.4, -0.2) is 55.4 Å². The van der Waals surface area contributed by atoms with Crippen molar-refractivity contribution in [3.05, 3.63) is 23.5 Å². The Labute approximate surface area is 174 Å². The van der Waals surface area contributed by atoms with Gasteiger partial charge in [-0.3, -0.25) is 9.69 Å². The number of nitrogen functional groups attached to an aromatic ring is 1. The minimum absolute atomic E-state index is 0.0901. The number of carbonyl (C=O) groups excluding carboxylic acids is 1. The van der Waals surface area contributed by atoms with E-state index in [1.807, 2.05) is 0 Å². The zero-order chi connectivity index (χ0) is 20.8. The minimum atomic E-state index is -0.413. The van der Waals surface area contributed by atoms with Gasteiger partial charge in [-0.15, -0.1) is 5.10 Å². The normalized spacial score (nSPS) is 20.5. The molecule has 0 bridgehead atoms. The number of hydrogen-bond donors (Lipinski definition) is 2. The van der Waals surface area contributed by atoms with Gasteiger partial charge in [0, 0.05) is 12.8 Å². The maximum absolute atomic E-state index is 12.8. The zero-order valence-electron chi connectivity index (χ0n) is 16.9. The standard InChI is InChI=1S/C19H27N9O2/c20-17-18(25-30-24-17)28-15(13-27-10-6-1-2-7-11-27)16(22-26-28)19(29)23-21-12-14-8-4-3-5-9-14/h3-4,12,14H,1-2,5-11,13H2,(H2,20,24)(H,23,29)/b21-12-. The number of nitrogens with two attached hydrogens (primary N) is 1. The largest absolute Gasteiger partial charge is 0.378 e. The van der Waals surface area contributed by atoms with Crippen molar-refractivity contribution in [3.63, 3.8) is 0 Å². The molecule has 1 amide bonds. The minimum Gasteiger partial charge on any atom is -0.378 e. The van der Waals surface area contributed by atoms with Gasteiger partial charge in [-0.25, -0.2) is 10.1 Å². The van der Waals surface area contributed by atoms with Crippen LogP contribution in [-0.2, 0) is 6.54 Å². The summed E-state index contributed by atoms with van der Waals surface area (Å²) in [6, 6.07) is 0. The highest BCUT2D eigenvalue weighted by molar-refractivity contribution is 5.93. The highest BCUT2D eigenvalue weighted by Gasteiger charge is 2.25. The van der Waals surface area contributed by atoms with Gasteiger partial charge in [-0.05, 0) is 61.4 Å². The number of hydrogen-bond acceptors (Lipinski definition) is 9. The molecule has 3 heterocycles. The third-order valence-corrected chi connectivity index (χ3v) is 5.51. The first-order valence-corrected chi connectivity index (χ1v) is 10.5. The second-order valence-corrected chi connectivity index (χ2v) is 7.72. The molecule has 1 atom stereocenters. The van der Waals surface area contributed by atoms with Crippen molar-refractivity contribution in [2.45, 2.75) is 51.5 Å². The van der Waals surface area contributed by atoms with Crippen LogP contribution in [0, 0.1) is 5.92 Å². The van der Waals surface area contributed by atoms with E-state index in [2.05, 4.69) is 48.2 Å². The summed E-state index contributed by atoms with van der Waals surface area (Å²) >= 11 is 0. The molecule has 0 aromatic carbocycles. The summed E-state index contributed by atoms with van der Waals surface area (Å²) in [5.41, 5.74) is 9.23. The number of nitrogens with one attached hydrogen (secondary N) is 1. The topological polar surface area (TPSA) is 140 Å². The number of likely N-dealkylation sites (tertiary alicyclic amines) is 1. The number of nitrogens with zero attached hydrogens (tertiary/aromatic N) is 7. The Morgan fingerprint density at radius 3 is 2.80 bits per heavy atom. The SMILES string of the molecule is Nc1nonc1-n1nnc(C(=O)N/N=C\C2CC=CCC2)c1CN1CCCCCC1. The molecule has 2 aromatic heterocycles. The van der Waals surface area contributed by atoms with Gasteiger partial charge in [0.25, 0.3) is 5.91 Å². The van der Waals surface area contributed by atoms with E-state index in [0.29, 0.717) is 18.2 Å². The van der Waals surface area contributed by atoms with Crippen molar-refractivity contribution in [2.24, 2.45) is 11.0 Å². The van der Waals surface area contributed by atoms with Gasteiger partial charge in [0.2, 0.25) is 11.6 Å². The molecule has 1 aliphatic carbocycles. The van der Waals surface area contributed by atoms with E-state index in [9.17, 15) is 4.79 Å². The van der Waals surface area contributed by atoms with Crippen LogP contribution in [0.25, 0.3) is 5.82 Å². The fraction of sp³-hybridized carbons (Fsp3) is 0.579. The molecule has 11 nitrogen and oxygen atoms in total. The summed E-state index contributed by atoms with van der Waals surface area (Å²) in [6.45, 7) is 2.40. The summed E-state index contributed by atoms with van der Waals surface area (Å²) in [5, 5.41) is 19.8. The lowest BCUT2D eigenvalue weighted by molar-refractivity contribution is 0.0947. The Bertz CT molecular complexity index is 909. The van der Waals surface area contributed by atoms with Gasteiger partial charge in [0.15, 0.2) is 5.69 Å². The lowest BCUT2D eigenvalue weighted by atomic mass is 9.96. The van der Waals surface area contributed by atoms with Crippen molar-refractivity contribution < 1.29 is 9.42 Å². The van der Waals surface area contributed by atoms with E-state index in [1.165, 1.54) is 17.5 Å². The number of anilines is 1. The Kier molecular flexibility index (Phi) is 6.47. The highest BCUT2D eigenvalue weighted by Crippen LogP contribution is 2.20. The Hall–Kier alpha value is -3.08. The van der Waals surface area contributed by atoms with Gasteiger partial charge in [0.1, 0.15) is 0 Å². The average Bonchev–Trinajstić information content (AvgIpc) is 3.26. The van der Waals surface area contributed by atoms with Crippen molar-refractivity contribution in [1.82, 2.24) is 35.6 Å². The predicted octanol–water partition coefficient (Wildman–Crippen LogP) is 1.68. The maximum atomic E-state index is 12.8. The number of carbonyl (C=O) groups is 1. The molecular formula is C19H27N9O2. The van der Waals surface area contributed by atoms with Crippen molar-refractivity contribution in [3.8, 4) is 5.82 Å². The molecule has 160 valence electrons. The zero-order valence-corrected chi connectivity index (χ0v) is 16.9. The number of aromatic nitrogens is 5. The van der Waals surface area contributed by atoms with Crippen LogP contribution in [0.1, 0.15) is 61.1 Å². The molecule has 2 aromatic rings. The molecule has 1 fully saturated rings. The van der Waals surface area contributed by atoms with Crippen molar-refractivity contribution in [2.75, 3.05) is 18.8 Å². The molecule has 0 spiro atoms. The van der Waals surface area contributed by atoms with Crippen LogP contribution in [0.15, 0.2) is 21.9 Å². The molecule has 1 unspecified atom stereocenters. The van der Waals surface area contributed by atoms with Gasteiger partial charge in [-0.2, -0.15) is 9.78 Å². The van der Waals surface area contributed by atoms with Crippen molar-refractivity contribution in [1.29, 1.82) is 0 Å². The number of rotatable bonds is 6. The molecule has 0 saturated carbocycles. The molecule has 2 aliphatic rings. The summed E-state index contributed by atoms with van der Waals surface area (Å²) in [4.78, 5) is 15.1. The molecule has 4 rings (SSSR count). The highest BCUT2D eigenvalue weighted by atomic mass is 16.6. The average molecular weight is 413 g/mol. The molecule has 0 radical (unpaired) electrons. The van der Waals surface area contributed by atoms with E-state index in [0.717, 1.165) is 45.2 Å². The molecule has 11 heteroatoms. The van der Waals surface area contributed by atoms with Crippen LogP contribution in [0.3, 0.4) is 0 Å². The van der Waals surface area contributed by atoms with Crippen LogP contribution >= 0.6 is 0 Å². The first kappa shape index (κ1) is 20.2. The lowest BCUT2D eigenvalue weighted by Crippen LogP contribution is -2.28. The summed E-state index contributed by atoms with van der Waals surface area (Å²) in [6.07, 6.45) is 13.8. The van der Waals surface area contributed by atoms with Crippen LogP contribution in [0.5, 0.6) is 0 Å². The van der Waals surface area contributed by atoms with Gasteiger partial charge in [0.05, 0.1) is 5.69 Å². The molecule has 1 saturated heterocycles. The first-order valence-electron chi connectivity index (χ1n) is 10.5. The predicted molar refractivity (Wildman–Crippen MR) is 110 cm³/mol. The van der Waals surface area contributed by atoms with Crippen LogP contribution in [0.4, 0.5) is 5.82 Å². The second kappa shape index (κ2) is 9.61. The van der Waals surface area contributed by atoms with E-state index in [-0.39, 0.29) is 17.3 Å².